The first-order valence-corrected chi connectivity index (χ1v) is 9.52. The van der Waals surface area contributed by atoms with Gasteiger partial charge in [-0.2, -0.15) is 0 Å². The highest BCUT2D eigenvalue weighted by Gasteiger charge is 2.16. The van der Waals surface area contributed by atoms with Crippen LogP contribution in [0.3, 0.4) is 0 Å². The van der Waals surface area contributed by atoms with E-state index in [4.69, 9.17) is 5.11 Å². The molecule has 0 aliphatic heterocycles. The number of benzene rings is 2. The lowest BCUT2D eigenvalue weighted by atomic mass is 10.1. The van der Waals surface area contributed by atoms with Gasteiger partial charge in [-0.15, -0.1) is 0 Å². The predicted octanol–water partition coefficient (Wildman–Crippen LogP) is 3.30. The molecule has 0 aliphatic carbocycles. The van der Waals surface area contributed by atoms with E-state index in [9.17, 15) is 9.59 Å². The van der Waals surface area contributed by atoms with Crippen LogP contribution in [0.15, 0.2) is 64.5 Å². The second kappa shape index (κ2) is 7.28. The van der Waals surface area contributed by atoms with Crippen LogP contribution in [0.4, 0.5) is 0 Å². The number of nitrogens with one attached hydrogen (secondary N) is 1. The molecule has 0 amide bonds. The zero-order valence-corrected chi connectivity index (χ0v) is 15.2. The Hall–Kier alpha value is -3.06. The molecule has 0 saturated heterocycles. The van der Waals surface area contributed by atoms with Crippen molar-refractivity contribution in [2.75, 3.05) is 5.75 Å². The summed E-state index contributed by atoms with van der Waals surface area (Å²) < 4.78 is 1.57. The molecule has 0 unspecified atom stereocenters. The molecule has 2 aromatic carbocycles. The van der Waals surface area contributed by atoms with Crippen LogP contribution in [-0.2, 0) is 17.8 Å². The summed E-state index contributed by atoms with van der Waals surface area (Å²) in [5.74, 6) is -1.09. The third kappa shape index (κ3) is 3.46. The fraction of sp³-hybridized carbons (Fsp3) is 0.150. The minimum atomic E-state index is -0.942. The average molecular weight is 379 g/mol. The molecule has 2 heterocycles. The van der Waals surface area contributed by atoms with Crippen LogP contribution >= 0.6 is 11.8 Å². The lowest BCUT2D eigenvalue weighted by Crippen LogP contribution is -2.24. The van der Waals surface area contributed by atoms with Gasteiger partial charge in [0.1, 0.15) is 11.0 Å². The summed E-state index contributed by atoms with van der Waals surface area (Å²) in [6, 6.07) is 17.5. The average Bonchev–Trinajstić information content (AvgIpc) is 3.05. The Bertz CT molecular complexity index is 1180. The van der Waals surface area contributed by atoms with Gasteiger partial charge < -0.3 is 10.1 Å². The zero-order valence-electron chi connectivity index (χ0n) is 14.4. The number of H-pyrrole nitrogens is 1. The van der Waals surface area contributed by atoms with Crippen molar-refractivity contribution in [1.29, 1.82) is 0 Å². The highest BCUT2D eigenvalue weighted by molar-refractivity contribution is 7.99. The molecule has 0 aliphatic rings. The van der Waals surface area contributed by atoms with E-state index in [1.165, 1.54) is 0 Å². The molecular formula is C20H17N3O3S. The van der Waals surface area contributed by atoms with Crippen molar-refractivity contribution in [3.05, 3.63) is 70.5 Å². The quantitative estimate of drug-likeness (QED) is 0.396. The van der Waals surface area contributed by atoms with E-state index in [2.05, 4.69) is 9.97 Å². The maximum Gasteiger partial charge on any atom is 0.313 e. The van der Waals surface area contributed by atoms with E-state index in [1.54, 1.807) is 4.57 Å². The van der Waals surface area contributed by atoms with Crippen molar-refractivity contribution in [3.63, 3.8) is 0 Å². The minimum Gasteiger partial charge on any atom is -0.481 e. The number of nitrogens with zero attached hydrogens (tertiary/aromatic N) is 2. The van der Waals surface area contributed by atoms with Crippen LogP contribution in [0.2, 0.25) is 0 Å². The van der Waals surface area contributed by atoms with Crippen LogP contribution < -0.4 is 5.56 Å². The first-order valence-electron chi connectivity index (χ1n) is 8.53. The second-order valence-electron chi connectivity index (χ2n) is 6.16. The number of hydrogen-bond donors (Lipinski definition) is 2. The molecule has 4 aromatic rings. The summed E-state index contributed by atoms with van der Waals surface area (Å²) in [5, 5.41) is 10.3. The maximum absolute atomic E-state index is 13.1. The standard InChI is InChI=1S/C20H17N3O3S/c24-16(25)12-27-20-22-17-14-8-4-5-9-15(14)21-18(17)19(26)23(20)11-10-13-6-2-1-3-7-13/h1-9,21H,10-12H2,(H,24,25). The third-order valence-electron chi connectivity index (χ3n) is 4.37. The van der Waals surface area contributed by atoms with Gasteiger partial charge in [-0.1, -0.05) is 60.3 Å². The molecule has 136 valence electrons. The molecular weight excluding hydrogens is 362 g/mol. The monoisotopic (exact) mass is 379 g/mol. The van der Waals surface area contributed by atoms with E-state index >= 15 is 0 Å². The van der Waals surface area contributed by atoms with Crippen molar-refractivity contribution in [2.45, 2.75) is 18.1 Å². The van der Waals surface area contributed by atoms with Gasteiger partial charge in [0, 0.05) is 17.4 Å². The number of para-hydroxylation sites is 1. The molecule has 4 rings (SSSR count). The lowest BCUT2D eigenvalue weighted by Gasteiger charge is -2.11. The molecule has 7 heteroatoms. The van der Waals surface area contributed by atoms with E-state index in [1.807, 2.05) is 54.6 Å². The zero-order chi connectivity index (χ0) is 18.8. The summed E-state index contributed by atoms with van der Waals surface area (Å²) in [4.78, 5) is 31.9. The number of rotatable bonds is 6. The van der Waals surface area contributed by atoms with Gasteiger partial charge in [-0.05, 0) is 18.1 Å². The maximum atomic E-state index is 13.1. The Morgan fingerprint density at radius 1 is 1.11 bits per heavy atom. The fourth-order valence-electron chi connectivity index (χ4n) is 3.10. The minimum absolute atomic E-state index is 0.147. The molecule has 0 saturated carbocycles. The summed E-state index contributed by atoms with van der Waals surface area (Å²) in [7, 11) is 0. The Morgan fingerprint density at radius 2 is 1.85 bits per heavy atom. The SMILES string of the molecule is O=C(O)CSc1nc2c([nH]c3ccccc32)c(=O)n1CCc1ccccc1. The summed E-state index contributed by atoms with van der Waals surface area (Å²) in [6.07, 6.45) is 0.662. The number of carboxylic acid groups (broad SMARTS) is 1. The molecule has 6 nitrogen and oxygen atoms in total. The second-order valence-corrected chi connectivity index (χ2v) is 7.11. The van der Waals surface area contributed by atoms with E-state index in [0.717, 1.165) is 28.2 Å². The highest BCUT2D eigenvalue weighted by atomic mass is 32.2. The number of aryl methyl sites for hydroxylation is 1. The summed E-state index contributed by atoms with van der Waals surface area (Å²) in [6.45, 7) is 0.434. The number of carbonyl (C=O) groups is 1. The molecule has 27 heavy (non-hydrogen) atoms. The van der Waals surface area contributed by atoms with Crippen molar-refractivity contribution >= 4 is 39.7 Å². The number of fused-ring (bicyclic) bond motifs is 3. The smallest absolute Gasteiger partial charge is 0.313 e. The normalized spacial score (nSPS) is 11.3. The fourth-order valence-corrected chi connectivity index (χ4v) is 3.83. The summed E-state index contributed by atoms with van der Waals surface area (Å²) in [5.41, 5.74) is 2.80. The largest absolute Gasteiger partial charge is 0.481 e. The predicted molar refractivity (Wildman–Crippen MR) is 106 cm³/mol. The van der Waals surface area contributed by atoms with Crippen LogP contribution in [0.1, 0.15) is 5.56 Å². The van der Waals surface area contributed by atoms with Gasteiger partial charge in [-0.3, -0.25) is 14.2 Å². The van der Waals surface area contributed by atoms with Crippen molar-refractivity contribution < 1.29 is 9.90 Å². The molecule has 2 N–H and O–H groups in total. The van der Waals surface area contributed by atoms with E-state index in [-0.39, 0.29) is 11.3 Å². The van der Waals surface area contributed by atoms with Crippen molar-refractivity contribution in [2.24, 2.45) is 0 Å². The molecule has 0 fully saturated rings. The molecule has 0 atom stereocenters. The van der Waals surface area contributed by atoms with Crippen LogP contribution in [0, 0.1) is 0 Å². The molecule has 0 radical (unpaired) electrons. The molecule has 0 spiro atoms. The number of aromatic nitrogens is 3. The number of thioether (sulfide) groups is 1. The first kappa shape index (κ1) is 17.4. The van der Waals surface area contributed by atoms with Gasteiger partial charge in [-0.25, -0.2) is 4.98 Å². The first-order chi connectivity index (χ1) is 13.1. The topological polar surface area (TPSA) is 88.0 Å². The van der Waals surface area contributed by atoms with Gasteiger partial charge in [0.25, 0.3) is 5.56 Å². The van der Waals surface area contributed by atoms with Crippen molar-refractivity contribution in [1.82, 2.24) is 14.5 Å². The highest BCUT2D eigenvalue weighted by Crippen LogP contribution is 2.24. The van der Waals surface area contributed by atoms with Gasteiger partial charge in [0.05, 0.1) is 5.75 Å². The Balaban J connectivity index is 1.82. The number of aliphatic carboxylic acids is 1. The summed E-state index contributed by atoms with van der Waals surface area (Å²) >= 11 is 1.07. The number of hydrogen-bond acceptors (Lipinski definition) is 4. The molecule has 2 aromatic heterocycles. The van der Waals surface area contributed by atoms with Gasteiger partial charge in [0.15, 0.2) is 5.16 Å². The Kier molecular flexibility index (Phi) is 4.68. The number of aromatic amines is 1. The van der Waals surface area contributed by atoms with Gasteiger partial charge in [0.2, 0.25) is 0 Å². The van der Waals surface area contributed by atoms with Crippen LogP contribution in [-0.4, -0.2) is 31.4 Å². The molecule has 0 bridgehead atoms. The lowest BCUT2D eigenvalue weighted by molar-refractivity contribution is -0.133. The van der Waals surface area contributed by atoms with Crippen LogP contribution in [0.25, 0.3) is 21.9 Å². The van der Waals surface area contributed by atoms with Gasteiger partial charge >= 0.3 is 5.97 Å². The third-order valence-corrected chi connectivity index (χ3v) is 5.33. The Labute approximate surface area is 158 Å². The van der Waals surface area contributed by atoms with Crippen molar-refractivity contribution in [3.8, 4) is 0 Å². The van der Waals surface area contributed by atoms with E-state index in [0.29, 0.717) is 29.2 Å². The van der Waals surface area contributed by atoms with Crippen LogP contribution in [0.5, 0.6) is 0 Å². The van der Waals surface area contributed by atoms with E-state index < -0.39 is 5.97 Å². The number of carboxylic acids is 1. The Morgan fingerprint density at radius 3 is 2.63 bits per heavy atom.